The number of carbonyl (C=O) groups is 1. The molecule has 0 saturated heterocycles. The lowest BCUT2D eigenvalue weighted by molar-refractivity contribution is 0.0501. The maximum Gasteiger partial charge on any atom is 0.315 e. The molecule has 4 nitrogen and oxygen atoms in total. The minimum atomic E-state index is -0.681. The van der Waals surface area contributed by atoms with Crippen molar-refractivity contribution in [2.24, 2.45) is 0 Å². The fourth-order valence-electron chi connectivity index (χ4n) is 3.10. The fourth-order valence-corrected chi connectivity index (χ4v) is 3.10. The van der Waals surface area contributed by atoms with E-state index in [-0.39, 0.29) is 12.1 Å². The summed E-state index contributed by atoms with van der Waals surface area (Å²) in [7, 11) is 0. The van der Waals surface area contributed by atoms with Gasteiger partial charge in [-0.15, -0.1) is 0 Å². The highest BCUT2D eigenvalue weighted by molar-refractivity contribution is 5.75. The summed E-state index contributed by atoms with van der Waals surface area (Å²) in [4.78, 5) is 11.8. The normalized spacial score (nSPS) is 27.1. The minimum absolute atomic E-state index is 0.159. The van der Waals surface area contributed by atoms with E-state index in [9.17, 15) is 9.90 Å². The van der Waals surface area contributed by atoms with Crippen LogP contribution in [0.1, 0.15) is 43.6 Å². The smallest absolute Gasteiger partial charge is 0.315 e. The Morgan fingerprint density at radius 1 is 1.25 bits per heavy atom. The van der Waals surface area contributed by atoms with Crippen molar-refractivity contribution in [3.63, 3.8) is 0 Å². The summed E-state index contributed by atoms with van der Waals surface area (Å²) < 4.78 is 0. The maximum atomic E-state index is 11.8. The first-order chi connectivity index (χ1) is 9.66. The Morgan fingerprint density at radius 2 is 1.95 bits per heavy atom. The highest BCUT2D eigenvalue weighted by atomic mass is 16.3. The molecule has 0 bridgehead atoms. The van der Waals surface area contributed by atoms with E-state index in [0.29, 0.717) is 12.5 Å². The van der Waals surface area contributed by atoms with E-state index < -0.39 is 5.60 Å². The molecule has 0 heterocycles. The number of rotatable bonds is 4. The van der Waals surface area contributed by atoms with Crippen LogP contribution in [0, 0.1) is 0 Å². The average Bonchev–Trinajstić information content (AvgIpc) is 3.09. The third kappa shape index (κ3) is 3.12. The van der Waals surface area contributed by atoms with Crippen LogP contribution in [0.2, 0.25) is 0 Å². The van der Waals surface area contributed by atoms with Gasteiger partial charge in [-0.05, 0) is 24.8 Å². The molecular weight excluding hydrogens is 252 g/mol. The Hall–Kier alpha value is -1.55. The number of urea groups is 1. The lowest BCUT2D eigenvalue weighted by Crippen LogP contribution is -2.45. The van der Waals surface area contributed by atoms with Crippen LogP contribution in [0.15, 0.2) is 30.3 Å². The number of hydrogen-bond acceptors (Lipinski definition) is 2. The summed E-state index contributed by atoms with van der Waals surface area (Å²) in [6.07, 6.45) is 4.70. The zero-order chi connectivity index (χ0) is 14.0. The van der Waals surface area contributed by atoms with Gasteiger partial charge in [0.05, 0.1) is 5.60 Å². The first kappa shape index (κ1) is 13.4. The number of aliphatic hydroxyl groups is 1. The molecule has 3 rings (SSSR count). The number of hydrogen-bond donors (Lipinski definition) is 3. The van der Waals surface area contributed by atoms with E-state index in [0.717, 1.165) is 32.1 Å². The van der Waals surface area contributed by atoms with Crippen LogP contribution in [0.3, 0.4) is 0 Å². The number of nitrogens with one attached hydrogen (secondary N) is 2. The van der Waals surface area contributed by atoms with Gasteiger partial charge >= 0.3 is 6.03 Å². The summed E-state index contributed by atoms with van der Waals surface area (Å²) >= 11 is 0. The van der Waals surface area contributed by atoms with E-state index in [2.05, 4.69) is 22.8 Å². The molecule has 0 aliphatic heterocycles. The summed E-state index contributed by atoms with van der Waals surface area (Å²) in [6.45, 7) is 0.363. The average molecular weight is 274 g/mol. The van der Waals surface area contributed by atoms with E-state index >= 15 is 0 Å². The van der Waals surface area contributed by atoms with E-state index in [4.69, 9.17) is 0 Å². The maximum absolute atomic E-state index is 11.8. The van der Waals surface area contributed by atoms with Gasteiger partial charge in [0.15, 0.2) is 0 Å². The Bertz CT molecular complexity index is 469. The molecule has 2 fully saturated rings. The molecule has 0 aromatic heterocycles. The van der Waals surface area contributed by atoms with Crippen molar-refractivity contribution in [1.82, 2.24) is 10.6 Å². The van der Waals surface area contributed by atoms with Crippen LogP contribution < -0.4 is 10.6 Å². The topological polar surface area (TPSA) is 61.4 Å². The van der Waals surface area contributed by atoms with Gasteiger partial charge in [0, 0.05) is 18.5 Å². The SMILES string of the molecule is O=C(NCC1(O)CCCC1)NC1CC1c1ccccc1. The Kier molecular flexibility index (Phi) is 3.66. The van der Waals surface area contributed by atoms with Gasteiger partial charge in [0.2, 0.25) is 0 Å². The van der Waals surface area contributed by atoms with E-state index in [1.165, 1.54) is 5.56 Å². The lowest BCUT2D eigenvalue weighted by atomic mass is 10.0. The van der Waals surface area contributed by atoms with Crippen LogP contribution in [0.4, 0.5) is 4.79 Å². The molecule has 0 radical (unpaired) electrons. The van der Waals surface area contributed by atoms with Crippen molar-refractivity contribution < 1.29 is 9.90 Å². The highest BCUT2D eigenvalue weighted by Crippen LogP contribution is 2.40. The molecular formula is C16H22N2O2. The van der Waals surface area contributed by atoms with Crippen LogP contribution >= 0.6 is 0 Å². The van der Waals surface area contributed by atoms with Crippen LogP contribution in [0.25, 0.3) is 0 Å². The van der Waals surface area contributed by atoms with Gasteiger partial charge in [-0.25, -0.2) is 4.79 Å². The zero-order valence-electron chi connectivity index (χ0n) is 11.6. The summed E-state index contributed by atoms with van der Waals surface area (Å²) in [5.74, 6) is 0.441. The number of carbonyl (C=O) groups excluding carboxylic acids is 1. The molecule has 2 unspecified atom stereocenters. The van der Waals surface area contributed by atoms with Crippen molar-refractivity contribution in [3.05, 3.63) is 35.9 Å². The summed E-state index contributed by atoms with van der Waals surface area (Å²) in [5, 5.41) is 16.0. The Morgan fingerprint density at radius 3 is 2.65 bits per heavy atom. The van der Waals surface area contributed by atoms with E-state index in [1.807, 2.05) is 18.2 Å². The molecule has 0 spiro atoms. The van der Waals surface area contributed by atoms with Crippen molar-refractivity contribution in [2.75, 3.05) is 6.54 Å². The Balaban J connectivity index is 1.42. The van der Waals surface area contributed by atoms with Crippen LogP contribution in [-0.4, -0.2) is 29.3 Å². The molecule has 20 heavy (non-hydrogen) atoms. The third-order valence-electron chi connectivity index (χ3n) is 4.45. The van der Waals surface area contributed by atoms with Gasteiger partial charge in [-0.3, -0.25) is 0 Å². The molecule has 2 aliphatic rings. The number of benzene rings is 1. The molecule has 108 valence electrons. The second-order valence-electron chi connectivity index (χ2n) is 6.12. The molecule has 3 N–H and O–H groups in total. The van der Waals surface area contributed by atoms with Crippen molar-refractivity contribution in [3.8, 4) is 0 Å². The quantitative estimate of drug-likeness (QED) is 0.788. The standard InChI is InChI=1S/C16H22N2O2/c19-15(17-11-16(20)8-4-5-9-16)18-14-10-13(14)12-6-2-1-3-7-12/h1-3,6-7,13-14,20H,4-5,8-11H2,(H2,17,18,19). The molecule has 2 amide bonds. The van der Waals surface area contributed by atoms with Crippen LogP contribution in [0.5, 0.6) is 0 Å². The van der Waals surface area contributed by atoms with Gasteiger partial charge in [-0.1, -0.05) is 43.2 Å². The van der Waals surface area contributed by atoms with Crippen molar-refractivity contribution in [1.29, 1.82) is 0 Å². The van der Waals surface area contributed by atoms with Gasteiger partial charge in [0.25, 0.3) is 0 Å². The molecule has 4 heteroatoms. The largest absolute Gasteiger partial charge is 0.388 e. The fraction of sp³-hybridized carbons (Fsp3) is 0.562. The lowest BCUT2D eigenvalue weighted by Gasteiger charge is -2.22. The summed E-state index contributed by atoms with van der Waals surface area (Å²) in [6, 6.07) is 10.3. The third-order valence-corrected chi connectivity index (χ3v) is 4.45. The first-order valence-corrected chi connectivity index (χ1v) is 7.48. The monoisotopic (exact) mass is 274 g/mol. The van der Waals surface area contributed by atoms with Gasteiger partial charge < -0.3 is 15.7 Å². The second kappa shape index (κ2) is 5.44. The van der Waals surface area contributed by atoms with E-state index in [1.54, 1.807) is 0 Å². The second-order valence-corrected chi connectivity index (χ2v) is 6.12. The Labute approximate surface area is 119 Å². The summed E-state index contributed by atoms with van der Waals surface area (Å²) in [5.41, 5.74) is 0.604. The predicted octanol–water partition coefficient (Wildman–Crippen LogP) is 2.15. The molecule has 1 aromatic rings. The minimum Gasteiger partial charge on any atom is -0.388 e. The highest BCUT2D eigenvalue weighted by Gasteiger charge is 2.39. The van der Waals surface area contributed by atoms with Gasteiger partial charge in [0.1, 0.15) is 0 Å². The predicted molar refractivity (Wildman–Crippen MR) is 77.5 cm³/mol. The van der Waals surface area contributed by atoms with Crippen molar-refractivity contribution >= 4 is 6.03 Å². The zero-order valence-corrected chi connectivity index (χ0v) is 11.6. The molecule has 2 aliphatic carbocycles. The molecule has 2 saturated carbocycles. The number of amides is 2. The van der Waals surface area contributed by atoms with Gasteiger partial charge in [-0.2, -0.15) is 0 Å². The van der Waals surface area contributed by atoms with Crippen molar-refractivity contribution in [2.45, 2.75) is 49.7 Å². The first-order valence-electron chi connectivity index (χ1n) is 7.48. The van der Waals surface area contributed by atoms with Crippen LogP contribution in [-0.2, 0) is 0 Å². The molecule has 1 aromatic carbocycles. The molecule has 2 atom stereocenters.